The molecule has 0 atom stereocenters. The largest absolute Gasteiger partial charge is 0.481 e. The normalized spacial score (nSPS) is 10.3. The summed E-state index contributed by atoms with van der Waals surface area (Å²) in [5.41, 5.74) is 5.20. The summed E-state index contributed by atoms with van der Waals surface area (Å²) in [6.45, 7) is 1.38. The number of carboxylic acids is 1. The highest BCUT2D eigenvalue weighted by molar-refractivity contribution is 5.77. The van der Waals surface area contributed by atoms with Crippen LogP contribution in [0.4, 0.5) is 0 Å². The molecule has 0 aliphatic heterocycles. The van der Waals surface area contributed by atoms with Gasteiger partial charge in [-0.15, -0.1) is 0 Å². The summed E-state index contributed by atoms with van der Waals surface area (Å²) < 4.78 is 9.87. The molecule has 18 heavy (non-hydrogen) atoms. The standard InChI is InChI=1S/C11H22N2O5/c12-5-7-17-9-18-8-10(14)13-6-3-1-2-4-11(15)16/h1-9,12H2,(H,13,14)(H,15,16). The molecule has 0 aromatic carbocycles. The van der Waals surface area contributed by atoms with Crippen LogP contribution in [0.1, 0.15) is 25.7 Å². The molecular formula is C11H22N2O5. The molecule has 106 valence electrons. The Morgan fingerprint density at radius 3 is 2.61 bits per heavy atom. The molecule has 0 spiro atoms. The summed E-state index contributed by atoms with van der Waals surface area (Å²) in [6, 6.07) is 0. The second kappa shape index (κ2) is 12.3. The highest BCUT2D eigenvalue weighted by Crippen LogP contribution is 1.98. The highest BCUT2D eigenvalue weighted by Gasteiger charge is 2.01. The van der Waals surface area contributed by atoms with E-state index in [1.807, 2.05) is 0 Å². The molecule has 0 aliphatic rings. The highest BCUT2D eigenvalue weighted by atomic mass is 16.7. The van der Waals surface area contributed by atoms with Gasteiger partial charge in [0.05, 0.1) is 6.61 Å². The van der Waals surface area contributed by atoms with Crippen molar-refractivity contribution in [2.75, 3.05) is 33.1 Å². The van der Waals surface area contributed by atoms with Crippen LogP contribution in [0.5, 0.6) is 0 Å². The Labute approximate surface area is 107 Å². The van der Waals surface area contributed by atoms with Gasteiger partial charge in [-0.3, -0.25) is 9.59 Å². The van der Waals surface area contributed by atoms with E-state index in [2.05, 4.69) is 5.32 Å². The van der Waals surface area contributed by atoms with Crippen molar-refractivity contribution in [3.8, 4) is 0 Å². The predicted octanol–water partition coefficient (Wildman–Crippen LogP) is -0.303. The topological polar surface area (TPSA) is 111 Å². The van der Waals surface area contributed by atoms with Gasteiger partial charge in [0.2, 0.25) is 5.91 Å². The zero-order chi connectivity index (χ0) is 13.6. The van der Waals surface area contributed by atoms with Gasteiger partial charge in [0, 0.05) is 19.5 Å². The first kappa shape index (κ1) is 16.8. The Kier molecular flexibility index (Phi) is 11.5. The van der Waals surface area contributed by atoms with Crippen LogP contribution in [0.2, 0.25) is 0 Å². The molecule has 0 bridgehead atoms. The van der Waals surface area contributed by atoms with E-state index in [4.69, 9.17) is 20.3 Å². The van der Waals surface area contributed by atoms with Crippen LogP contribution in [0, 0.1) is 0 Å². The minimum absolute atomic E-state index is 0.0420. The summed E-state index contributed by atoms with van der Waals surface area (Å²) in [5, 5.41) is 11.1. The van der Waals surface area contributed by atoms with Crippen LogP contribution in [-0.4, -0.2) is 50.1 Å². The minimum atomic E-state index is -0.787. The van der Waals surface area contributed by atoms with E-state index in [0.29, 0.717) is 26.1 Å². The molecule has 0 saturated heterocycles. The molecule has 7 nitrogen and oxygen atoms in total. The van der Waals surface area contributed by atoms with Crippen molar-refractivity contribution in [2.24, 2.45) is 5.73 Å². The van der Waals surface area contributed by atoms with Crippen LogP contribution in [-0.2, 0) is 19.1 Å². The lowest BCUT2D eigenvalue weighted by molar-refractivity contribution is -0.137. The number of hydrogen-bond acceptors (Lipinski definition) is 5. The van der Waals surface area contributed by atoms with Crippen LogP contribution >= 0.6 is 0 Å². The Morgan fingerprint density at radius 1 is 1.17 bits per heavy atom. The van der Waals surface area contributed by atoms with Gasteiger partial charge in [0.1, 0.15) is 13.4 Å². The summed E-state index contributed by atoms with van der Waals surface area (Å²) in [4.78, 5) is 21.4. The Bertz CT molecular complexity index is 235. The summed E-state index contributed by atoms with van der Waals surface area (Å²) in [6.07, 6.45) is 2.36. The smallest absolute Gasteiger partial charge is 0.303 e. The number of carboxylic acid groups (broad SMARTS) is 1. The molecule has 0 saturated carbocycles. The second-order valence-electron chi connectivity index (χ2n) is 3.72. The van der Waals surface area contributed by atoms with Gasteiger partial charge in [0.25, 0.3) is 0 Å². The van der Waals surface area contributed by atoms with E-state index < -0.39 is 5.97 Å². The number of amides is 1. The molecule has 0 rings (SSSR count). The third kappa shape index (κ3) is 12.9. The lowest BCUT2D eigenvalue weighted by Gasteiger charge is -2.06. The third-order valence-corrected chi connectivity index (χ3v) is 2.05. The van der Waals surface area contributed by atoms with Gasteiger partial charge in [-0.2, -0.15) is 0 Å². The fourth-order valence-corrected chi connectivity index (χ4v) is 1.19. The van der Waals surface area contributed by atoms with E-state index in [0.717, 1.165) is 12.8 Å². The molecule has 0 fully saturated rings. The fourth-order valence-electron chi connectivity index (χ4n) is 1.19. The molecule has 0 aromatic heterocycles. The van der Waals surface area contributed by atoms with Crippen molar-refractivity contribution in [3.05, 3.63) is 0 Å². The first-order valence-electron chi connectivity index (χ1n) is 6.01. The maximum atomic E-state index is 11.2. The zero-order valence-electron chi connectivity index (χ0n) is 10.5. The van der Waals surface area contributed by atoms with Crippen molar-refractivity contribution < 1.29 is 24.2 Å². The number of rotatable bonds is 12. The zero-order valence-corrected chi connectivity index (χ0v) is 10.5. The first-order chi connectivity index (χ1) is 8.66. The average Bonchev–Trinajstić information content (AvgIpc) is 2.33. The van der Waals surface area contributed by atoms with Gasteiger partial charge in [0.15, 0.2) is 0 Å². The number of nitrogens with one attached hydrogen (secondary N) is 1. The molecule has 0 radical (unpaired) electrons. The number of aliphatic carboxylic acids is 1. The lowest BCUT2D eigenvalue weighted by atomic mass is 10.2. The van der Waals surface area contributed by atoms with Gasteiger partial charge in [-0.05, 0) is 12.8 Å². The Morgan fingerprint density at radius 2 is 1.94 bits per heavy atom. The molecular weight excluding hydrogens is 240 g/mol. The molecule has 0 aliphatic carbocycles. The van der Waals surface area contributed by atoms with E-state index >= 15 is 0 Å². The molecule has 0 unspecified atom stereocenters. The van der Waals surface area contributed by atoms with Crippen molar-refractivity contribution in [3.63, 3.8) is 0 Å². The van der Waals surface area contributed by atoms with Crippen LogP contribution < -0.4 is 11.1 Å². The fraction of sp³-hybridized carbons (Fsp3) is 0.818. The van der Waals surface area contributed by atoms with E-state index in [1.54, 1.807) is 0 Å². The quantitative estimate of drug-likeness (QED) is 0.329. The van der Waals surface area contributed by atoms with Crippen LogP contribution in [0.25, 0.3) is 0 Å². The predicted molar refractivity (Wildman–Crippen MR) is 64.9 cm³/mol. The summed E-state index contributed by atoms with van der Waals surface area (Å²) >= 11 is 0. The molecule has 0 heterocycles. The number of hydrogen-bond donors (Lipinski definition) is 3. The van der Waals surface area contributed by atoms with Gasteiger partial charge in [-0.25, -0.2) is 0 Å². The Balaban J connectivity index is 3.19. The van der Waals surface area contributed by atoms with Crippen LogP contribution in [0.3, 0.4) is 0 Å². The first-order valence-corrected chi connectivity index (χ1v) is 6.01. The lowest BCUT2D eigenvalue weighted by Crippen LogP contribution is -2.29. The number of unbranched alkanes of at least 4 members (excludes halogenated alkanes) is 2. The second-order valence-corrected chi connectivity index (χ2v) is 3.72. The van der Waals surface area contributed by atoms with Gasteiger partial charge in [-0.1, -0.05) is 6.42 Å². The van der Waals surface area contributed by atoms with Crippen molar-refractivity contribution >= 4 is 11.9 Å². The van der Waals surface area contributed by atoms with E-state index in [9.17, 15) is 9.59 Å². The summed E-state index contributed by atoms with van der Waals surface area (Å²) in [7, 11) is 0. The maximum Gasteiger partial charge on any atom is 0.303 e. The number of ether oxygens (including phenoxy) is 2. The SMILES string of the molecule is NCCOCOCC(=O)NCCCCCC(=O)O. The third-order valence-electron chi connectivity index (χ3n) is 2.05. The minimum Gasteiger partial charge on any atom is -0.481 e. The molecule has 7 heteroatoms. The van der Waals surface area contributed by atoms with Crippen LogP contribution in [0.15, 0.2) is 0 Å². The number of carbonyl (C=O) groups is 2. The van der Waals surface area contributed by atoms with Crippen molar-refractivity contribution in [1.29, 1.82) is 0 Å². The average molecular weight is 262 g/mol. The molecule has 0 aromatic rings. The Hall–Kier alpha value is -1.18. The maximum absolute atomic E-state index is 11.2. The molecule has 4 N–H and O–H groups in total. The van der Waals surface area contributed by atoms with Crippen molar-refractivity contribution in [1.82, 2.24) is 5.32 Å². The number of carbonyl (C=O) groups excluding carboxylic acids is 1. The summed E-state index contributed by atoms with van der Waals surface area (Å²) in [5.74, 6) is -0.991. The molecule has 1 amide bonds. The van der Waals surface area contributed by atoms with Crippen molar-refractivity contribution in [2.45, 2.75) is 25.7 Å². The van der Waals surface area contributed by atoms with Gasteiger partial charge < -0.3 is 25.6 Å². The monoisotopic (exact) mass is 262 g/mol. The van der Waals surface area contributed by atoms with Gasteiger partial charge >= 0.3 is 5.97 Å². The number of nitrogens with two attached hydrogens (primary N) is 1. The van der Waals surface area contributed by atoms with E-state index in [-0.39, 0.29) is 25.7 Å². The van der Waals surface area contributed by atoms with E-state index in [1.165, 1.54) is 0 Å².